The van der Waals surface area contributed by atoms with E-state index >= 15 is 0 Å². The average Bonchev–Trinajstić information content (AvgIpc) is 2.93. The Kier molecular flexibility index (Phi) is 8.19. The minimum absolute atomic E-state index is 0.0388. The van der Waals surface area contributed by atoms with E-state index in [0.717, 1.165) is 16.7 Å². The van der Waals surface area contributed by atoms with Crippen LogP contribution in [0.25, 0.3) is 22.3 Å². The van der Waals surface area contributed by atoms with Crippen LogP contribution >= 0.6 is 0 Å². The summed E-state index contributed by atoms with van der Waals surface area (Å²) in [5.41, 5.74) is 3.16. The SMILES string of the molecule is CC(C)(OOCc1cc(-c2ccccc2)ccc1C(=O)O)OC(=O)c1cc(-c2ccccc2)ccc1C(=O)O. The zero-order valence-corrected chi connectivity index (χ0v) is 21.3. The predicted octanol–water partition coefficient (Wildman–Crippen LogP) is 6.46. The van der Waals surface area contributed by atoms with Gasteiger partial charge in [0.2, 0.25) is 5.79 Å². The Morgan fingerprint density at radius 1 is 0.641 bits per heavy atom. The van der Waals surface area contributed by atoms with Crippen molar-refractivity contribution in [2.24, 2.45) is 0 Å². The van der Waals surface area contributed by atoms with Crippen LogP contribution in [0.2, 0.25) is 0 Å². The summed E-state index contributed by atoms with van der Waals surface area (Å²) in [6.45, 7) is 2.60. The highest BCUT2D eigenvalue weighted by Gasteiger charge is 2.29. The zero-order valence-electron chi connectivity index (χ0n) is 21.3. The Morgan fingerprint density at radius 2 is 1.15 bits per heavy atom. The first-order valence-corrected chi connectivity index (χ1v) is 12.0. The lowest BCUT2D eigenvalue weighted by atomic mass is 9.99. The third-order valence-electron chi connectivity index (χ3n) is 5.83. The number of benzene rings is 4. The van der Waals surface area contributed by atoms with E-state index in [1.54, 1.807) is 18.2 Å². The lowest BCUT2D eigenvalue weighted by molar-refractivity contribution is -0.411. The van der Waals surface area contributed by atoms with E-state index in [1.807, 2.05) is 60.7 Å². The Morgan fingerprint density at radius 3 is 1.69 bits per heavy atom. The molecule has 0 aliphatic rings. The summed E-state index contributed by atoms with van der Waals surface area (Å²) in [5.74, 6) is -4.96. The molecule has 0 fully saturated rings. The Labute approximate surface area is 225 Å². The first kappa shape index (κ1) is 27.3. The van der Waals surface area contributed by atoms with Gasteiger partial charge in [0.1, 0.15) is 6.61 Å². The van der Waals surface area contributed by atoms with E-state index in [4.69, 9.17) is 14.5 Å². The highest BCUT2D eigenvalue weighted by molar-refractivity contribution is 6.03. The van der Waals surface area contributed by atoms with Gasteiger partial charge in [0.25, 0.3) is 0 Å². The molecule has 198 valence electrons. The lowest BCUT2D eigenvalue weighted by Crippen LogP contribution is -2.32. The standard InChI is InChI=1S/C31H26O8/c1-31(2,38-30(36)27-18-23(14-16-26(27)29(34)35)21-11-7-4-8-12-21)39-37-19-24-17-22(13-15-25(24)28(32)33)20-9-5-3-6-10-20/h3-18H,19H2,1-2H3,(H,32,33)(H,34,35). The fraction of sp³-hybridized carbons (Fsp3) is 0.129. The Balaban J connectivity index is 1.49. The fourth-order valence-electron chi connectivity index (χ4n) is 3.97. The van der Waals surface area contributed by atoms with Crippen LogP contribution in [0.1, 0.15) is 50.5 Å². The molecule has 4 aromatic carbocycles. The van der Waals surface area contributed by atoms with Gasteiger partial charge in [0.05, 0.1) is 16.7 Å². The molecule has 0 aliphatic carbocycles. The molecular weight excluding hydrogens is 500 g/mol. The van der Waals surface area contributed by atoms with E-state index in [-0.39, 0.29) is 23.3 Å². The van der Waals surface area contributed by atoms with Crippen LogP contribution in [-0.4, -0.2) is 33.9 Å². The molecule has 8 nitrogen and oxygen atoms in total. The van der Waals surface area contributed by atoms with E-state index < -0.39 is 23.7 Å². The molecule has 0 aromatic heterocycles. The minimum atomic E-state index is -1.63. The van der Waals surface area contributed by atoms with Crippen LogP contribution < -0.4 is 0 Å². The first-order valence-electron chi connectivity index (χ1n) is 12.0. The molecule has 0 aliphatic heterocycles. The van der Waals surface area contributed by atoms with E-state index in [0.29, 0.717) is 11.1 Å². The quantitative estimate of drug-likeness (QED) is 0.105. The van der Waals surface area contributed by atoms with Gasteiger partial charge in [-0.3, -0.25) is 0 Å². The summed E-state index contributed by atoms with van der Waals surface area (Å²) in [5, 5.41) is 19.2. The van der Waals surface area contributed by atoms with Crippen LogP contribution in [-0.2, 0) is 21.1 Å². The third-order valence-corrected chi connectivity index (χ3v) is 5.83. The number of carbonyl (C=O) groups excluding carboxylic acids is 1. The van der Waals surface area contributed by atoms with Crippen LogP contribution in [0.4, 0.5) is 0 Å². The number of rotatable bonds is 10. The minimum Gasteiger partial charge on any atom is -0.478 e. The molecule has 0 radical (unpaired) electrons. The maximum absolute atomic E-state index is 13.0. The molecule has 0 atom stereocenters. The summed E-state index contributed by atoms with van der Waals surface area (Å²) in [6.07, 6.45) is 0. The first-order chi connectivity index (χ1) is 18.6. The normalized spacial score (nSPS) is 11.1. The van der Waals surface area contributed by atoms with Gasteiger partial charge < -0.3 is 14.9 Å². The molecule has 0 saturated carbocycles. The number of ether oxygens (including phenoxy) is 1. The van der Waals surface area contributed by atoms with Crippen molar-refractivity contribution in [3.63, 3.8) is 0 Å². The molecule has 4 rings (SSSR count). The van der Waals surface area contributed by atoms with Crippen LogP contribution in [0.5, 0.6) is 0 Å². The number of esters is 1. The molecule has 0 heterocycles. The summed E-state index contributed by atoms with van der Waals surface area (Å²) in [7, 11) is 0. The number of carbonyl (C=O) groups is 3. The van der Waals surface area contributed by atoms with Gasteiger partial charge in [-0.15, -0.1) is 0 Å². The third kappa shape index (κ3) is 6.75. The van der Waals surface area contributed by atoms with Gasteiger partial charge in [-0.05, 0) is 52.1 Å². The van der Waals surface area contributed by atoms with E-state index in [2.05, 4.69) is 0 Å². The van der Waals surface area contributed by atoms with Crippen LogP contribution in [0, 0.1) is 0 Å². The number of hydrogen-bond donors (Lipinski definition) is 2. The highest BCUT2D eigenvalue weighted by atomic mass is 17.2. The smallest absolute Gasteiger partial charge is 0.341 e. The number of carboxylic acid groups (broad SMARTS) is 2. The van der Waals surface area contributed by atoms with E-state index in [1.165, 1.54) is 32.0 Å². The molecule has 0 unspecified atom stereocenters. The number of carboxylic acids is 2. The molecule has 4 aromatic rings. The summed E-state index contributed by atoms with van der Waals surface area (Å²) in [4.78, 5) is 47.2. The molecular formula is C31H26O8. The second-order valence-electron chi connectivity index (χ2n) is 9.11. The molecule has 0 amide bonds. The van der Waals surface area contributed by atoms with Gasteiger partial charge >= 0.3 is 17.9 Å². The van der Waals surface area contributed by atoms with Crippen molar-refractivity contribution in [1.82, 2.24) is 0 Å². The maximum Gasteiger partial charge on any atom is 0.341 e. The lowest BCUT2D eigenvalue weighted by Gasteiger charge is -2.24. The Bertz CT molecular complexity index is 1490. The van der Waals surface area contributed by atoms with Gasteiger partial charge in [0, 0.05) is 13.8 Å². The van der Waals surface area contributed by atoms with Crippen LogP contribution in [0.3, 0.4) is 0 Å². The number of hydrogen-bond acceptors (Lipinski definition) is 6. The van der Waals surface area contributed by atoms with Gasteiger partial charge in [-0.1, -0.05) is 72.8 Å². The molecule has 39 heavy (non-hydrogen) atoms. The van der Waals surface area contributed by atoms with Crippen molar-refractivity contribution >= 4 is 17.9 Å². The summed E-state index contributed by atoms with van der Waals surface area (Å²) < 4.78 is 5.45. The van der Waals surface area contributed by atoms with Crippen molar-refractivity contribution in [2.45, 2.75) is 26.2 Å². The second-order valence-corrected chi connectivity index (χ2v) is 9.11. The fourth-order valence-corrected chi connectivity index (χ4v) is 3.97. The molecule has 0 bridgehead atoms. The van der Waals surface area contributed by atoms with Crippen molar-refractivity contribution in [2.75, 3.05) is 0 Å². The van der Waals surface area contributed by atoms with Crippen LogP contribution in [0.15, 0.2) is 97.1 Å². The van der Waals surface area contributed by atoms with Gasteiger partial charge in [-0.2, -0.15) is 4.89 Å². The van der Waals surface area contributed by atoms with Crippen molar-refractivity contribution in [3.8, 4) is 22.3 Å². The second kappa shape index (κ2) is 11.7. The zero-order chi connectivity index (χ0) is 28.0. The maximum atomic E-state index is 13.0. The van der Waals surface area contributed by atoms with E-state index in [9.17, 15) is 24.6 Å². The topological polar surface area (TPSA) is 119 Å². The monoisotopic (exact) mass is 526 g/mol. The van der Waals surface area contributed by atoms with Crippen molar-refractivity contribution in [1.29, 1.82) is 0 Å². The van der Waals surface area contributed by atoms with Gasteiger partial charge in [0.15, 0.2) is 0 Å². The molecule has 8 heteroatoms. The average molecular weight is 527 g/mol. The molecule has 0 spiro atoms. The predicted molar refractivity (Wildman–Crippen MR) is 143 cm³/mol. The summed E-state index contributed by atoms with van der Waals surface area (Å²) >= 11 is 0. The van der Waals surface area contributed by atoms with Crippen molar-refractivity contribution < 1.29 is 39.1 Å². The largest absolute Gasteiger partial charge is 0.478 e. The Hall–Kier alpha value is -4.79. The van der Waals surface area contributed by atoms with Crippen molar-refractivity contribution in [3.05, 3.63) is 119 Å². The molecule has 2 N–H and O–H groups in total. The molecule has 0 saturated heterocycles. The number of aromatic carboxylic acids is 2. The van der Waals surface area contributed by atoms with Gasteiger partial charge in [-0.25, -0.2) is 19.3 Å². The highest BCUT2D eigenvalue weighted by Crippen LogP contribution is 2.26. The summed E-state index contributed by atoms with van der Waals surface area (Å²) in [6, 6.07) is 27.9.